The molecule has 0 unspecified atom stereocenters. The molecule has 0 fully saturated rings. The van der Waals surface area contributed by atoms with E-state index in [1.807, 2.05) is 13.0 Å². The lowest BCUT2D eigenvalue weighted by atomic mass is 10.3. The molecule has 0 saturated heterocycles. The first kappa shape index (κ1) is 12.3. The lowest BCUT2D eigenvalue weighted by Gasteiger charge is -2.08. The van der Waals surface area contributed by atoms with Crippen molar-refractivity contribution in [2.24, 2.45) is 7.05 Å². The molecule has 0 radical (unpaired) electrons. The number of ether oxygens (including phenoxy) is 1. The molecule has 0 saturated carbocycles. The van der Waals surface area contributed by atoms with Gasteiger partial charge in [-0.25, -0.2) is 4.68 Å². The van der Waals surface area contributed by atoms with Gasteiger partial charge in [0, 0.05) is 11.5 Å². The van der Waals surface area contributed by atoms with E-state index in [2.05, 4.69) is 21.0 Å². The number of nitrogens with two attached hydrogens (primary N) is 1. The summed E-state index contributed by atoms with van der Waals surface area (Å²) < 4.78 is 8.15. The number of aromatic nitrogens is 2. The Kier molecular flexibility index (Phi) is 3.31. The molecule has 0 bridgehead atoms. The predicted octanol–water partition coefficient (Wildman–Crippen LogP) is 3.52. The highest BCUT2D eigenvalue weighted by Gasteiger charge is 2.13. The minimum atomic E-state index is 0.492. The molecule has 6 heteroatoms. The summed E-state index contributed by atoms with van der Waals surface area (Å²) in [4.78, 5) is 0. The van der Waals surface area contributed by atoms with Gasteiger partial charge in [-0.1, -0.05) is 27.5 Å². The Hall–Kier alpha value is -1.20. The fourth-order valence-corrected chi connectivity index (χ4v) is 2.15. The van der Waals surface area contributed by atoms with Crippen molar-refractivity contribution in [2.75, 3.05) is 5.73 Å². The van der Waals surface area contributed by atoms with Crippen LogP contribution in [0.5, 0.6) is 11.6 Å². The van der Waals surface area contributed by atoms with Crippen molar-refractivity contribution < 1.29 is 4.74 Å². The smallest absolute Gasteiger partial charge is 0.241 e. The number of nitrogen functional groups attached to an aromatic ring is 1. The van der Waals surface area contributed by atoms with E-state index >= 15 is 0 Å². The monoisotopic (exact) mass is 315 g/mol. The highest BCUT2D eigenvalue weighted by atomic mass is 79.9. The van der Waals surface area contributed by atoms with Crippen molar-refractivity contribution in [3.63, 3.8) is 0 Å². The van der Waals surface area contributed by atoms with E-state index in [0.29, 0.717) is 22.3 Å². The van der Waals surface area contributed by atoms with Crippen LogP contribution in [0.1, 0.15) is 5.69 Å². The third-order valence-corrected chi connectivity index (χ3v) is 3.10. The minimum Gasteiger partial charge on any atom is -0.436 e. The van der Waals surface area contributed by atoms with Crippen LogP contribution in [0.2, 0.25) is 5.02 Å². The summed E-state index contributed by atoms with van der Waals surface area (Å²) in [5, 5.41) is 4.68. The Bertz CT molecular complexity index is 568. The van der Waals surface area contributed by atoms with E-state index in [4.69, 9.17) is 22.1 Å². The van der Waals surface area contributed by atoms with Gasteiger partial charge in [0.05, 0.1) is 10.7 Å². The first-order valence-corrected chi connectivity index (χ1v) is 6.08. The maximum atomic E-state index is 6.07. The molecule has 0 aliphatic carbocycles. The molecule has 0 amide bonds. The molecule has 1 aromatic heterocycles. The average Bonchev–Trinajstić information content (AvgIpc) is 2.48. The van der Waals surface area contributed by atoms with Crippen molar-refractivity contribution in [1.82, 2.24) is 9.78 Å². The van der Waals surface area contributed by atoms with Crippen LogP contribution in [0.15, 0.2) is 22.7 Å². The van der Waals surface area contributed by atoms with Crippen molar-refractivity contribution >= 4 is 33.2 Å². The number of hydrogen-bond donors (Lipinski definition) is 1. The van der Waals surface area contributed by atoms with Crippen LogP contribution in [0.25, 0.3) is 0 Å². The fourth-order valence-electron chi connectivity index (χ4n) is 1.44. The first-order valence-electron chi connectivity index (χ1n) is 4.91. The van der Waals surface area contributed by atoms with Gasteiger partial charge in [-0.2, -0.15) is 5.10 Å². The van der Waals surface area contributed by atoms with Crippen LogP contribution in [0.3, 0.4) is 0 Å². The number of nitrogens with zero attached hydrogens (tertiary/aromatic N) is 2. The SMILES string of the molecule is Cc1nn(C)c(Oc2ccc(Br)cc2Cl)c1N. The first-order chi connectivity index (χ1) is 7.99. The average molecular weight is 317 g/mol. The molecule has 4 nitrogen and oxygen atoms in total. The van der Waals surface area contributed by atoms with Crippen LogP contribution in [0, 0.1) is 6.92 Å². The second-order valence-corrected chi connectivity index (χ2v) is 4.93. The Morgan fingerprint density at radius 2 is 2.18 bits per heavy atom. The van der Waals surface area contributed by atoms with E-state index in [1.165, 1.54) is 0 Å². The second-order valence-electron chi connectivity index (χ2n) is 3.60. The molecule has 2 aromatic rings. The molecule has 2 N–H and O–H groups in total. The summed E-state index contributed by atoms with van der Waals surface area (Å²) in [6.07, 6.45) is 0. The van der Waals surface area contributed by atoms with E-state index in [9.17, 15) is 0 Å². The molecule has 0 aliphatic rings. The summed E-state index contributed by atoms with van der Waals surface area (Å²) in [6.45, 7) is 1.82. The van der Waals surface area contributed by atoms with Crippen molar-refractivity contribution in [3.8, 4) is 11.6 Å². The standard InChI is InChI=1S/C11H11BrClN3O/c1-6-10(14)11(16(2)15-6)17-9-4-3-7(12)5-8(9)13/h3-5H,14H2,1-2H3. The van der Waals surface area contributed by atoms with E-state index < -0.39 is 0 Å². The van der Waals surface area contributed by atoms with Gasteiger partial charge in [0.15, 0.2) is 0 Å². The lowest BCUT2D eigenvalue weighted by molar-refractivity contribution is 0.432. The maximum Gasteiger partial charge on any atom is 0.241 e. The number of benzene rings is 1. The van der Waals surface area contributed by atoms with Crippen LogP contribution < -0.4 is 10.5 Å². The van der Waals surface area contributed by atoms with Gasteiger partial charge in [0.1, 0.15) is 11.4 Å². The zero-order valence-electron chi connectivity index (χ0n) is 9.37. The summed E-state index contributed by atoms with van der Waals surface area (Å²) in [7, 11) is 1.77. The molecule has 2 rings (SSSR count). The van der Waals surface area contributed by atoms with Crippen LogP contribution in [-0.2, 0) is 7.05 Å². The highest BCUT2D eigenvalue weighted by molar-refractivity contribution is 9.10. The molecule has 0 spiro atoms. The molecule has 1 heterocycles. The Morgan fingerprint density at radius 1 is 1.47 bits per heavy atom. The van der Waals surface area contributed by atoms with Crippen molar-refractivity contribution in [2.45, 2.75) is 6.92 Å². The zero-order chi connectivity index (χ0) is 12.6. The van der Waals surface area contributed by atoms with Gasteiger partial charge in [0.2, 0.25) is 5.88 Å². The van der Waals surface area contributed by atoms with Gasteiger partial charge in [0.25, 0.3) is 0 Å². The predicted molar refractivity (Wildman–Crippen MR) is 71.6 cm³/mol. The quantitative estimate of drug-likeness (QED) is 0.922. The zero-order valence-corrected chi connectivity index (χ0v) is 11.7. The van der Waals surface area contributed by atoms with Crippen LogP contribution >= 0.6 is 27.5 Å². The van der Waals surface area contributed by atoms with Crippen LogP contribution in [-0.4, -0.2) is 9.78 Å². The van der Waals surface area contributed by atoms with Gasteiger partial charge in [-0.15, -0.1) is 0 Å². The number of hydrogen-bond acceptors (Lipinski definition) is 3. The normalized spacial score (nSPS) is 10.6. The number of aryl methyl sites for hydroxylation is 2. The number of rotatable bonds is 2. The summed E-state index contributed by atoms with van der Waals surface area (Å²) in [5.74, 6) is 1.04. The molecule has 17 heavy (non-hydrogen) atoms. The largest absolute Gasteiger partial charge is 0.436 e. The molecule has 0 atom stereocenters. The number of halogens is 2. The van der Waals surface area contributed by atoms with Crippen LogP contribution in [0.4, 0.5) is 5.69 Å². The molecular formula is C11H11BrClN3O. The Morgan fingerprint density at radius 3 is 2.71 bits per heavy atom. The summed E-state index contributed by atoms with van der Waals surface area (Å²) in [5.41, 5.74) is 7.12. The van der Waals surface area contributed by atoms with E-state index in [1.54, 1.807) is 23.9 Å². The summed E-state index contributed by atoms with van der Waals surface area (Å²) >= 11 is 9.40. The third-order valence-electron chi connectivity index (χ3n) is 2.31. The van der Waals surface area contributed by atoms with E-state index in [0.717, 1.165) is 10.2 Å². The lowest BCUT2D eigenvalue weighted by Crippen LogP contribution is -1.97. The van der Waals surface area contributed by atoms with Gasteiger partial charge >= 0.3 is 0 Å². The topological polar surface area (TPSA) is 53.1 Å². The number of anilines is 1. The fraction of sp³-hybridized carbons (Fsp3) is 0.182. The summed E-state index contributed by atoms with van der Waals surface area (Å²) in [6, 6.07) is 5.38. The second kappa shape index (κ2) is 4.58. The molecule has 0 aliphatic heterocycles. The molecular weight excluding hydrogens is 305 g/mol. The molecule has 1 aromatic carbocycles. The Labute approximate surface area is 112 Å². The maximum absolute atomic E-state index is 6.07. The van der Waals surface area contributed by atoms with Crippen molar-refractivity contribution in [1.29, 1.82) is 0 Å². The van der Waals surface area contributed by atoms with Gasteiger partial charge in [-0.05, 0) is 25.1 Å². The Balaban J connectivity index is 2.38. The van der Waals surface area contributed by atoms with Gasteiger partial charge < -0.3 is 10.5 Å². The highest BCUT2D eigenvalue weighted by Crippen LogP contribution is 2.34. The van der Waals surface area contributed by atoms with Crippen molar-refractivity contribution in [3.05, 3.63) is 33.4 Å². The van der Waals surface area contributed by atoms with Gasteiger partial charge in [-0.3, -0.25) is 0 Å². The third kappa shape index (κ3) is 2.40. The van der Waals surface area contributed by atoms with E-state index in [-0.39, 0.29) is 0 Å². The molecule has 90 valence electrons. The minimum absolute atomic E-state index is 0.492.